The molecule has 2 aliphatic rings. The number of allylic oxidation sites excluding steroid dienone is 1. The third kappa shape index (κ3) is 3.96. The molecule has 3 heterocycles. The highest BCUT2D eigenvalue weighted by Gasteiger charge is 2.22. The summed E-state index contributed by atoms with van der Waals surface area (Å²) in [6.45, 7) is 9.60. The molecule has 1 saturated heterocycles. The van der Waals surface area contributed by atoms with Crippen molar-refractivity contribution in [3.63, 3.8) is 0 Å². The van der Waals surface area contributed by atoms with E-state index < -0.39 is 0 Å². The summed E-state index contributed by atoms with van der Waals surface area (Å²) in [5.74, 6) is 1.20. The zero-order chi connectivity index (χ0) is 18.8. The van der Waals surface area contributed by atoms with Crippen LogP contribution in [0.2, 0.25) is 0 Å². The van der Waals surface area contributed by atoms with Crippen molar-refractivity contribution in [3.05, 3.63) is 39.5 Å². The number of rotatable bonds is 4. The quantitative estimate of drug-likeness (QED) is 0.811. The van der Waals surface area contributed by atoms with E-state index in [0.717, 1.165) is 59.5 Å². The molecule has 0 amide bonds. The van der Waals surface area contributed by atoms with Gasteiger partial charge in [-0.1, -0.05) is 6.92 Å². The summed E-state index contributed by atoms with van der Waals surface area (Å²) in [6.07, 6.45) is 4.39. The number of hydrogen-bond acceptors (Lipinski definition) is 6. The Morgan fingerprint density at radius 3 is 2.63 bits per heavy atom. The van der Waals surface area contributed by atoms with Crippen molar-refractivity contribution in [3.8, 4) is 0 Å². The molecule has 0 radical (unpaired) electrons. The number of fused-ring (bicyclic) bond motifs is 1. The lowest BCUT2D eigenvalue weighted by atomic mass is 10.1. The highest BCUT2D eigenvalue weighted by molar-refractivity contribution is 7.11. The molecular formula is C21H26N4OS. The molecule has 1 aliphatic carbocycles. The van der Waals surface area contributed by atoms with E-state index >= 15 is 0 Å². The molecule has 27 heavy (non-hydrogen) atoms. The number of pyridine rings is 1. The number of aromatic nitrogens is 2. The van der Waals surface area contributed by atoms with Crippen LogP contribution in [0, 0.1) is 6.92 Å². The van der Waals surface area contributed by atoms with Crippen molar-refractivity contribution in [2.75, 3.05) is 37.6 Å². The summed E-state index contributed by atoms with van der Waals surface area (Å²) in [7, 11) is 0. The van der Waals surface area contributed by atoms with Gasteiger partial charge < -0.3 is 4.90 Å². The van der Waals surface area contributed by atoms with Gasteiger partial charge in [0.2, 0.25) is 0 Å². The summed E-state index contributed by atoms with van der Waals surface area (Å²) >= 11 is 1.54. The van der Waals surface area contributed by atoms with Crippen LogP contribution in [0.25, 0.3) is 11.6 Å². The van der Waals surface area contributed by atoms with Crippen LogP contribution in [-0.2, 0) is 11.2 Å². The van der Waals surface area contributed by atoms with Gasteiger partial charge in [-0.15, -0.1) is 11.3 Å². The predicted molar refractivity (Wildman–Crippen MR) is 111 cm³/mol. The Morgan fingerprint density at radius 2 is 1.93 bits per heavy atom. The Kier molecular flexibility index (Phi) is 5.36. The molecule has 1 fully saturated rings. The number of piperazine rings is 1. The largest absolute Gasteiger partial charge is 0.354 e. The first kappa shape index (κ1) is 18.3. The molecule has 0 unspecified atom stereocenters. The van der Waals surface area contributed by atoms with Gasteiger partial charge in [-0.2, -0.15) is 0 Å². The van der Waals surface area contributed by atoms with Crippen LogP contribution < -0.4 is 4.90 Å². The first-order valence-corrected chi connectivity index (χ1v) is 10.7. The summed E-state index contributed by atoms with van der Waals surface area (Å²) in [5.41, 5.74) is 3.77. The molecule has 6 heteroatoms. The van der Waals surface area contributed by atoms with Crippen LogP contribution in [0.5, 0.6) is 0 Å². The molecular weight excluding hydrogens is 356 g/mol. The van der Waals surface area contributed by atoms with E-state index in [1.807, 2.05) is 18.4 Å². The van der Waals surface area contributed by atoms with Crippen LogP contribution in [0.15, 0.2) is 17.5 Å². The van der Waals surface area contributed by atoms with Crippen LogP contribution in [-0.4, -0.2) is 53.4 Å². The second kappa shape index (κ2) is 7.90. The number of thiazole rings is 1. The summed E-state index contributed by atoms with van der Waals surface area (Å²) in [5, 5.41) is 2.82. The van der Waals surface area contributed by atoms with Crippen LogP contribution >= 0.6 is 11.3 Å². The molecule has 0 bridgehead atoms. The van der Waals surface area contributed by atoms with E-state index in [0.29, 0.717) is 12.8 Å². The molecule has 0 atom stereocenters. The van der Waals surface area contributed by atoms with Gasteiger partial charge in [0, 0.05) is 43.7 Å². The molecule has 1 aliphatic heterocycles. The number of Topliss-reactive ketones (excluding diaryl/α,β-unsaturated/α-hetero) is 1. The Bertz CT molecular complexity index is 865. The van der Waals surface area contributed by atoms with Gasteiger partial charge in [-0.05, 0) is 50.1 Å². The lowest BCUT2D eigenvalue weighted by Gasteiger charge is -2.35. The fourth-order valence-electron chi connectivity index (χ4n) is 3.79. The minimum atomic E-state index is 0.164. The number of nitrogens with zero attached hydrogens (tertiary/aromatic N) is 4. The second-order valence-corrected chi connectivity index (χ2v) is 8.17. The molecule has 2 aromatic rings. The van der Waals surface area contributed by atoms with Gasteiger partial charge in [0.1, 0.15) is 10.8 Å². The van der Waals surface area contributed by atoms with Crippen molar-refractivity contribution in [2.45, 2.75) is 33.1 Å². The van der Waals surface area contributed by atoms with Gasteiger partial charge in [0.25, 0.3) is 0 Å². The minimum Gasteiger partial charge on any atom is -0.354 e. The first-order chi connectivity index (χ1) is 13.1. The third-order valence-corrected chi connectivity index (χ3v) is 6.26. The molecule has 4 rings (SSSR count). The Labute approximate surface area is 164 Å². The lowest BCUT2D eigenvalue weighted by molar-refractivity contribution is -0.113. The SMILES string of the molecule is CCCN1CCN(c2ccc3c(n2)CCC(=O)C(c2nc(C)cs2)=C3)CC1. The maximum atomic E-state index is 12.6. The van der Waals surface area contributed by atoms with Crippen LogP contribution in [0.4, 0.5) is 5.82 Å². The van der Waals surface area contributed by atoms with E-state index in [-0.39, 0.29) is 5.78 Å². The highest BCUT2D eigenvalue weighted by atomic mass is 32.1. The van der Waals surface area contributed by atoms with Crippen molar-refractivity contribution in [1.29, 1.82) is 0 Å². The second-order valence-electron chi connectivity index (χ2n) is 7.31. The lowest BCUT2D eigenvalue weighted by Crippen LogP contribution is -2.46. The van der Waals surface area contributed by atoms with Crippen molar-refractivity contribution in [1.82, 2.24) is 14.9 Å². The molecule has 5 nitrogen and oxygen atoms in total. The van der Waals surface area contributed by atoms with E-state index in [2.05, 4.69) is 33.8 Å². The van der Waals surface area contributed by atoms with Gasteiger partial charge in [-0.25, -0.2) is 9.97 Å². The minimum absolute atomic E-state index is 0.164. The third-order valence-electron chi connectivity index (χ3n) is 5.27. The number of hydrogen-bond donors (Lipinski definition) is 0. The normalized spacial score (nSPS) is 18.2. The number of carbonyl (C=O) groups is 1. The molecule has 2 aromatic heterocycles. The molecule has 0 aromatic carbocycles. The zero-order valence-electron chi connectivity index (χ0n) is 16.1. The standard InChI is InChI=1S/C21H26N4OS/c1-3-8-24-9-11-25(12-10-24)20-7-4-16-13-17(21-22-15(2)14-27-21)19(26)6-5-18(16)23-20/h4,7,13-14H,3,5-6,8-12H2,1-2H3. The smallest absolute Gasteiger partial charge is 0.166 e. The number of aryl methyl sites for hydroxylation is 2. The summed E-state index contributed by atoms with van der Waals surface area (Å²) in [6, 6.07) is 4.22. The van der Waals surface area contributed by atoms with Gasteiger partial charge >= 0.3 is 0 Å². The average Bonchev–Trinajstić information content (AvgIpc) is 3.04. The number of ketones is 1. The Morgan fingerprint density at radius 1 is 1.11 bits per heavy atom. The van der Waals surface area contributed by atoms with E-state index in [1.165, 1.54) is 13.0 Å². The van der Waals surface area contributed by atoms with Crippen molar-refractivity contribution >= 4 is 34.6 Å². The highest BCUT2D eigenvalue weighted by Crippen LogP contribution is 2.29. The number of anilines is 1. The fraction of sp³-hybridized carbons (Fsp3) is 0.476. The molecule has 142 valence electrons. The Hall–Kier alpha value is -2.05. The summed E-state index contributed by atoms with van der Waals surface area (Å²) in [4.78, 5) is 27.0. The van der Waals surface area contributed by atoms with Gasteiger partial charge in [-0.3, -0.25) is 9.69 Å². The molecule has 0 N–H and O–H groups in total. The van der Waals surface area contributed by atoms with Crippen molar-refractivity contribution in [2.24, 2.45) is 0 Å². The molecule has 0 spiro atoms. The van der Waals surface area contributed by atoms with E-state index in [1.54, 1.807) is 11.3 Å². The van der Waals surface area contributed by atoms with Crippen LogP contribution in [0.3, 0.4) is 0 Å². The van der Waals surface area contributed by atoms with E-state index in [9.17, 15) is 4.79 Å². The monoisotopic (exact) mass is 382 g/mol. The van der Waals surface area contributed by atoms with Gasteiger partial charge in [0.05, 0.1) is 11.3 Å². The molecule has 0 saturated carbocycles. The summed E-state index contributed by atoms with van der Waals surface area (Å²) < 4.78 is 0. The fourth-order valence-corrected chi connectivity index (χ4v) is 4.62. The Balaban J connectivity index is 1.57. The van der Waals surface area contributed by atoms with Crippen molar-refractivity contribution < 1.29 is 4.79 Å². The topological polar surface area (TPSA) is 49.3 Å². The van der Waals surface area contributed by atoms with Crippen LogP contribution in [0.1, 0.15) is 41.7 Å². The predicted octanol–water partition coefficient (Wildman–Crippen LogP) is 3.43. The maximum Gasteiger partial charge on any atom is 0.166 e. The number of carbonyl (C=O) groups excluding carboxylic acids is 1. The van der Waals surface area contributed by atoms with E-state index in [4.69, 9.17) is 4.98 Å². The van der Waals surface area contributed by atoms with Gasteiger partial charge in [0.15, 0.2) is 5.78 Å². The maximum absolute atomic E-state index is 12.6. The average molecular weight is 383 g/mol. The first-order valence-electron chi connectivity index (χ1n) is 9.78. The zero-order valence-corrected chi connectivity index (χ0v) is 16.9.